The van der Waals surface area contributed by atoms with E-state index >= 15 is 0 Å². The van der Waals surface area contributed by atoms with Crippen molar-refractivity contribution in [1.29, 1.82) is 0 Å². The highest BCUT2D eigenvalue weighted by atomic mass is 35.5. The predicted octanol–water partition coefficient (Wildman–Crippen LogP) is 3.83. The van der Waals surface area contributed by atoms with Crippen molar-refractivity contribution in [2.75, 3.05) is 39.0 Å². The Morgan fingerprint density at radius 2 is 1.98 bits per heavy atom. The van der Waals surface area contributed by atoms with Crippen LogP contribution in [0.25, 0.3) is 0 Å². The summed E-state index contributed by atoms with van der Waals surface area (Å²) >= 11 is 10.8. The Kier molecular flexibility index (Phi) is 12.6. The van der Waals surface area contributed by atoms with Crippen LogP contribution in [0.15, 0.2) is 35.9 Å². The maximum Gasteiger partial charge on any atom is 0.409 e. The molecule has 4 bridgehead atoms. The first-order valence-corrected chi connectivity index (χ1v) is 17.5. The molecule has 276 valence electrons. The monoisotopic (exact) mass is 737 g/mol. The summed E-state index contributed by atoms with van der Waals surface area (Å²) in [6, 6.07) is 2.60. The largest absolute Gasteiger partial charge is 0.495 e. The summed E-state index contributed by atoms with van der Waals surface area (Å²) in [6.45, 7) is 6.96. The highest BCUT2D eigenvalue weighted by Gasteiger charge is 2.64. The Bertz CT molecular complexity index is 1540. The number of benzene rings is 1. The molecule has 0 aromatic heterocycles. The number of carbonyl (C=O) groups is 4. The molecule has 4 rings (SSSR count). The second-order valence-electron chi connectivity index (χ2n) is 13.4. The number of fused-ring (bicyclic) bond motifs is 5. The van der Waals surface area contributed by atoms with E-state index < -0.39 is 65.7 Å². The minimum absolute atomic E-state index is 0.0489. The molecule has 1 aromatic rings. The molecule has 8 atom stereocenters. The topological polar surface area (TPSA) is 156 Å². The number of likely N-dealkylation sites (N-methyl/N-ethyl adjacent to an activating group) is 1. The van der Waals surface area contributed by atoms with E-state index in [0.29, 0.717) is 23.6 Å². The first kappa shape index (κ1) is 39.5. The number of epoxide rings is 1. The van der Waals surface area contributed by atoms with Crippen molar-refractivity contribution >= 4 is 53.8 Å². The molecular weight excluding hydrogens is 690 g/mol. The number of hydrogen-bond donors (Lipinski definition) is 3. The molecule has 2 unspecified atom stereocenters. The fourth-order valence-electron chi connectivity index (χ4n) is 6.49. The van der Waals surface area contributed by atoms with E-state index in [2.05, 4.69) is 17.9 Å². The third kappa shape index (κ3) is 8.42. The second-order valence-corrected chi connectivity index (χ2v) is 14.2. The molecule has 3 aliphatic rings. The molecule has 0 saturated carbocycles. The smallest absolute Gasteiger partial charge is 0.409 e. The Balaban J connectivity index is 1.78. The Hall–Kier alpha value is -3.30. The third-order valence-corrected chi connectivity index (χ3v) is 10.5. The summed E-state index contributed by atoms with van der Waals surface area (Å²) in [5.74, 6) is -1.30. The van der Waals surface area contributed by atoms with Gasteiger partial charge in [0.1, 0.15) is 40.7 Å². The molecule has 1 aromatic carbocycles. The van der Waals surface area contributed by atoms with Crippen LogP contribution in [-0.2, 0) is 39.8 Å². The Morgan fingerprint density at radius 1 is 1.28 bits per heavy atom. The second kappa shape index (κ2) is 15.9. The molecule has 3 amide bonds. The van der Waals surface area contributed by atoms with E-state index in [9.17, 15) is 24.3 Å². The molecule has 15 heteroatoms. The van der Waals surface area contributed by atoms with Crippen molar-refractivity contribution in [2.24, 2.45) is 5.92 Å². The maximum absolute atomic E-state index is 14.0. The highest BCUT2D eigenvalue weighted by Crippen LogP contribution is 2.49. The van der Waals surface area contributed by atoms with Gasteiger partial charge in [0.05, 0.1) is 25.3 Å². The van der Waals surface area contributed by atoms with Crippen LogP contribution in [-0.4, -0.2) is 110 Å². The van der Waals surface area contributed by atoms with Crippen LogP contribution in [0.4, 0.5) is 10.5 Å². The zero-order chi connectivity index (χ0) is 37.1. The minimum atomic E-state index is -1.82. The normalized spacial score (nSPS) is 32.3. The number of carbonyl (C=O) groups excluding carboxylic acids is 4. The number of alkyl carbamates (subject to hydrolysis) is 1. The van der Waals surface area contributed by atoms with E-state index in [4.69, 9.17) is 35.3 Å². The number of hydrogen-bond acceptors (Lipinski definition) is 11. The number of rotatable bonds is 7. The lowest BCUT2D eigenvalue weighted by atomic mass is 9.83. The highest BCUT2D eigenvalue weighted by molar-refractivity contribution is 7.80. The number of amides is 3. The lowest BCUT2D eigenvalue weighted by Crippen LogP contribution is -2.63. The SMILES string of the molecule is COc1cc2cc(c1Cl)N(C)C(=O)C[C@H](OC(=O)C(C)N(C)C(=O)CCS)[C@]1(C)O[C@H]1[C@H](C)C1C[C@@](O)(NC(=O)O1)[C@H](OC)/C=C/C=C(\C)C2. The molecule has 0 spiro atoms. The number of allylic oxidation sites excluding steroid dienone is 3. The van der Waals surface area contributed by atoms with Crippen LogP contribution in [0.1, 0.15) is 52.5 Å². The average Bonchev–Trinajstić information content (AvgIpc) is 3.76. The number of ether oxygens (including phenoxy) is 5. The standard InChI is InChI=1S/C35H48ClN3O10S/c1-19-10-9-11-26(46-8)35(44)18-25(47-33(43)37-35)20(2)31-34(4,49-31)27(48-32(42)21(3)38(5)28(40)12-13-50)17-29(41)39(6)23-15-22(14-19)16-24(45-7)30(23)36/h9-11,15-16,20-21,25-27,31,44,50H,12-14,17-18H2,1-8H3,(H,37,43)/b11-9+,19-10+/t20-,21?,25?,26-,27+,31+,34+,35+/m1/s1. The van der Waals surface area contributed by atoms with Crippen molar-refractivity contribution in [3.05, 3.63) is 46.5 Å². The molecule has 2 N–H and O–H groups in total. The zero-order valence-electron chi connectivity index (χ0n) is 29.7. The van der Waals surface area contributed by atoms with E-state index in [1.54, 1.807) is 45.2 Å². The van der Waals surface area contributed by atoms with Gasteiger partial charge in [0.2, 0.25) is 11.8 Å². The van der Waals surface area contributed by atoms with Gasteiger partial charge in [-0.2, -0.15) is 12.6 Å². The molecular formula is C35H48ClN3O10S. The molecule has 50 heavy (non-hydrogen) atoms. The van der Waals surface area contributed by atoms with E-state index in [-0.39, 0.29) is 30.2 Å². The van der Waals surface area contributed by atoms with Crippen molar-refractivity contribution in [3.63, 3.8) is 0 Å². The van der Waals surface area contributed by atoms with Gasteiger partial charge in [0.25, 0.3) is 0 Å². The van der Waals surface area contributed by atoms with Crippen LogP contribution in [0.3, 0.4) is 0 Å². The van der Waals surface area contributed by atoms with Gasteiger partial charge in [-0.15, -0.1) is 0 Å². The summed E-state index contributed by atoms with van der Waals surface area (Å²) in [5.41, 5.74) is -0.903. The number of aliphatic hydroxyl groups is 1. The molecule has 3 aliphatic heterocycles. The van der Waals surface area contributed by atoms with Crippen molar-refractivity contribution in [3.8, 4) is 5.75 Å². The number of nitrogens with zero attached hydrogens (tertiary/aromatic N) is 2. The maximum atomic E-state index is 14.0. The van der Waals surface area contributed by atoms with Gasteiger partial charge in [0, 0.05) is 40.0 Å². The van der Waals surface area contributed by atoms with Gasteiger partial charge in [-0.25, -0.2) is 9.59 Å². The summed E-state index contributed by atoms with van der Waals surface area (Å²) in [4.78, 5) is 55.6. The van der Waals surface area contributed by atoms with Gasteiger partial charge in [-0.05, 0) is 50.6 Å². The number of thiol groups is 1. The number of halogens is 1. The van der Waals surface area contributed by atoms with Gasteiger partial charge in [-0.3, -0.25) is 14.9 Å². The number of methoxy groups -OCH3 is 2. The summed E-state index contributed by atoms with van der Waals surface area (Å²) in [7, 11) is 5.98. The van der Waals surface area contributed by atoms with Crippen LogP contribution >= 0.6 is 24.2 Å². The van der Waals surface area contributed by atoms with Gasteiger partial charge < -0.3 is 38.6 Å². The van der Waals surface area contributed by atoms with Crippen molar-refractivity contribution in [1.82, 2.24) is 10.2 Å². The average molecular weight is 738 g/mol. The first-order valence-electron chi connectivity index (χ1n) is 16.4. The predicted molar refractivity (Wildman–Crippen MR) is 189 cm³/mol. The number of nitrogens with one attached hydrogen (secondary N) is 1. The Labute approximate surface area is 303 Å². The molecule has 0 radical (unpaired) electrons. The summed E-state index contributed by atoms with van der Waals surface area (Å²) < 4.78 is 29.0. The van der Waals surface area contributed by atoms with Crippen LogP contribution in [0.2, 0.25) is 5.02 Å². The number of anilines is 1. The van der Waals surface area contributed by atoms with Crippen LogP contribution in [0.5, 0.6) is 5.75 Å². The zero-order valence-corrected chi connectivity index (χ0v) is 31.4. The summed E-state index contributed by atoms with van der Waals surface area (Å²) in [5, 5.41) is 14.4. The summed E-state index contributed by atoms with van der Waals surface area (Å²) in [6.07, 6.45) is 1.08. The molecule has 2 saturated heterocycles. The van der Waals surface area contributed by atoms with E-state index in [1.807, 2.05) is 13.0 Å². The molecule has 3 heterocycles. The minimum Gasteiger partial charge on any atom is -0.495 e. The molecule has 2 fully saturated rings. The lowest BCUT2D eigenvalue weighted by molar-refractivity contribution is -0.161. The van der Waals surface area contributed by atoms with E-state index in [1.165, 1.54) is 38.0 Å². The van der Waals surface area contributed by atoms with Crippen LogP contribution in [0, 0.1) is 5.92 Å². The van der Waals surface area contributed by atoms with Crippen molar-refractivity contribution in [2.45, 2.75) is 95.2 Å². The Morgan fingerprint density at radius 3 is 2.62 bits per heavy atom. The van der Waals surface area contributed by atoms with Gasteiger partial charge in [0.15, 0.2) is 5.72 Å². The van der Waals surface area contributed by atoms with Crippen molar-refractivity contribution < 1.29 is 48.0 Å². The van der Waals surface area contributed by atoms with Gasteiger partial charge in [-0.1, -0.05) is 42.3 Å². The fraction of sp³-hybridized carbons (Fsp3) is 0.600. The number of esters is 1. The third-order valence-electron chi connectivity index (χ3n) is 9.85. The van der Waals surface area contributed by atoms with Crippen LogP contribution < -0.4 is 15.0 Å². The molecule has 0 aliphatic carbocycles. The van der Waals surface area contributed by atoms with Gasteiger partial charge >= 0.3 is 12.1 Å². The van der Waals surface area contributed by atoms with E-state index in [0.717, 1.165) is 11.1 Å². The fourth-order valence-corrected chi connectivity index (χ4v) is 6.99. The lowest BCUT2D eigenvalue weighted by Gasteiger charge is -2.42. The quantitative estimate of drug-likeness (QED) is 0.214. The first-order chi connectivity index (χ1) is 23.5. The molecule has 13 nitrogen and oxygen atoms in total.